The van der Waals surface area contributed by atoms with Crippen molar-refractivity contribution in [2.45, 2.75) is 6.61 Å². The van der Waals surface area contributed by atoms with E-state index in [1.165, 1.54) is 10.7 Å². The highest BCUT2D eigenvalue weighted by Gasteiger charge is 2.20. The molecule has 0 bridgehead atoms. The van der Waals surface area contributed by atoms with Crippen molar-refractivity contribution >= 4 is 5.97 Å². The number of aryl methyl sites for hydroxylation is 1. The number of aromatic carboxylic acids is 1. The zero-order valence-electron chi connectivity index (χ0n) is 12.9. The molecule has 0 spiro atoms. The minimum absolute atomic E-state index is 0.0289. The van der Waals surface area contributed by atoms with E-state index in [4.69, 9.17) is 19.3 Å². The lowest BCUT2D eigenvalue weighted by molar-refractivity contribution is 0.0689. The Balaban J connectivity index is 2.69. The average Bonchev–Trinajstić information content (AvgIpc) is 2.88. The fraction of sp³-hybridized carbons (Fsp3) is 0.333. The molecule has 0 saturated carbocycles. The Bertz CT molecular complexity index is 693. The third-order valence-electron chi connectivity index (χ3n) is 3.27. The Morgan fingerprint density at radius 3 is 2.45 bits per heavy atom. The first kappa shape index (κ1) is 15.8. The van der Waals surface area contributed by atoms with Gasteiger partial charge in [0.15, 0.2) is 5.69 Å². The molecule has 0 aliphatic carbocycles. The summed E-state index contributed by atoms with van der Waals surface area (Å²) in [4.78, 5) is 11.1. The Morgan fingerprint density at radius 2 is 1.95 bits per heavy atom. The Morgan fingerprint density at radius 1 is 1.23 bits per heavy atom. The van der Waals surface area contributed by atoms with Crippen LogP contribution in [0, 0.1) is 0 Å². The van der Waals surface area contributed by atoms with Crippen LogP contribution in [0.15, 0.2) is 18.2 Å². The molecule has 0 fully saturated rings. The molecule has 118 valence electrons. The van der Waals surface area contributed by atoms with Crippen LogP contribution in [0.3, 0.4) is 0 Å². The van der Waals surface area contributed by atoms with Crippen LogP contribution in [0.25, 0.3) is 11.3 Å². The molecular formula is C15H18N2O5. The summed E-state index contributed by atoms with van der Waals surface area (Å²) < 4.78 is 17.4. The highest BCUT2D eigenvalue weighted by molar-refractivity contribution is 5.87. The van der Waals surface area contributed by atoms with Gasteiger partial charge in [-0.25, -0.2) is 4.79 Å². The van der Waals surface area contributed by atoms with E-state index in [0.717, 1.165) is 11.1 Å². The standard InChI is InChI=1S/C15H18N2O5/c1-17-12(7-11(16-17)15(18)19)14-9(8-20-2)5-10(21-3)6-13(14)22-4/h5-7H,8H2,1-4H3,(H,18,19). The van der Waals surface area contributed by atoms with Crippen LogP contribution in [-0.2, 0) is 18.4 Å². The Kier molecular flexibility index (Phi) is 4.67. The summed E-state index contributed by atoms with van der Waals surface area (Å²) in [6.45, 7) is 0.330. The fourth-order valence-electron chi connectivity index (χ4n) is 2.29. The zero-order chi connectivity index (χ0) is 16.3. The molecule has 0 saturated heterocycles. The first-order valence-electron chi connectivity index (χ1n) is 6.53. The van der Waals surface area contributed by atoms with E-state index in [9.17, 15) is 4.79 Å². The topological polar surface area (TPSA) is 82.8 Å². The number of nitrogens with zero attached hydrogens (tertiary/aromatic N) is 2. The van der Waals surface area contributed by atoms with E-state index >= 15 is 0 Å². The van der Waals surface area contributed by atoms with Crippen molar-refractivity contribution in [3.8, 4) is 22.8 Å². The second-order valence-corrected chi connectivity index (χ2v) is 4.64. The fourth-order valence-corrected chi connectivity index (χ4v) is 2.29. The summed E-state index contributed by atoms with van der Waals surface area (Å²) in [6, 6.07) is 5.07. The summed E-state index contributed by atoms with van der Waals surface area (Å²) in [7, 11) is 6.38. The molecule has 2 aromatic rings. The first-order valence-corrected chi connectivity index (χ1v) is 6.53. The second kappa shape index (κ2) is 6.48. The molecule has 0 amide bonds. The molecule has 0 aliphatic heterocycles. The van der Waals surface area contributed by atoms with Gasteiger partial charge in [-0.1, -0.05) is 0 Å². The maximum Gasteiger partial charge on any atom is 0.356 e. The van der Waals surface area contributed by atoms with Gasteiger partial charge in [-0.2, -0.15) is 5.10 Å². The highest BCUT2D eigenvalue weighted by Crippen LogP contribution is 2.37. The van der Waals surface area contributed by atoms with Crippen LogP contribution in [0.1, 0.15) is 16.1 Å². The number of carboxylic acids is 1. The normalized spacial score (nSPS) is 10.5. The monoisotopic (exact) mass is 306 g/mol. The number of benzene rings is 1. The van der Waals surface area contributed by atoms with Crippen LogP contribution in [0.5, 0.6) is 11.5 Å². The molecule has 7 nitrogen and oxygen atoms in total. The second-order valence-electron chi connectivity index (χ2n) is 4.64. The minimum Gasteiger partial charge on any atom is -0.497 e. The zero-order valence-corrected chi connectivity index (χ0v) is 12.9. The number of aromatic nitrogens is 2. The van der Waals surface area contributed by atoms with E-state index in [-0.39, 0.29) is 5.69 Å². The number of hydrogen-bond donors (Lipinski definition) is 1. The number of hydrogen-bond acceptors (Lipinski definition) is 5. The van der Waals surface area contributed by atoms with E-state index in [0.29, 0.717) is 23.8 Å². The number of ether oxygens (including phenoxy) is 3. The smallest absolute Gasteiger partial charge is 0.356 e. The molecule has 7 heteroatoms. The summed E-state index contributed by atoms with van der Waals surface area (Å²) in [5.74, 6) is 0.113. The lowest BCUT2D eigenvalue weighted by Crippen LogP contribution is -2.02. The summed E-state index contributed by atoms with van der Waals surface area (Å²) >= 11 is 0. The highest BCUT2D eigenvalue weighted by atomic mass is 16.5. The minimum atomic E-state index is -1.08. The van der Waals surface area contributed by atoms with Gasteiger partial charge in [0.25, 0.3) is 0 Å². The van der Waals surface area contributed by atoms with Crippen molar-refractivity contribution in [1.29, 1.82) is 0 Å². The molecule has 1 aromatic heterocycles. The lowest BCUT2D eigenvalue weighted by Gasteiger charge is -2.15. The van der Waals surface area contributed by atoms with Gasteiger partial charge in [-0.3, -0.25) is 4.68 Å². The summed E-state index contributed by atoms with van der Waals surface area (Å²) in [5.41, 5.74) is 2.15. The van der Waals surface area contributed by atoms with E-state index in [1.54, 1.807) is 34.4 Å². The van der Waals surface area contributed by atoms with Gasteiger partial charge < -0.3 is 19.3 Å². The molecule has 1 heterocycles. The largest absolute Gasteiger partial charge is 0.497 e. The van der Waals surface area contributed by atoms with Crippen molar-refractivity contribution in [3.63, 3.8) is 0 Å². The van der Waals surface area contributed by atoms with Gasteiger partial charge in [-0.15, -0.1) is 0 Å². The van der Waals surface area contributed by atoms with Crippen LogP contribution in [0.2, 0.25) is 0 Å². The van der Waals surface area contributed by atoms with E-state index in [2.05, 4.69) is 5.10 Å². The van der Waals surface area contributed by atoms with Crippen LogP contribution >= 0.6 is 0 Å². The predicted molar refractivity (Wildman–Crippen MR) is 79.4 cm³/mol. The van der Waals surface area contributed by atoms with Gasteiger partial charge in [0, 0.05) is 25.8 Å². The average molecular weight is 306 g/mol. The number of carbonyl (C=O) groups is 1. The van der Waals surface area contributed by atoms with Crippen LogP contribution < -0.4 is 9.47 Å². The predicted octanol–water partition coefficient (Wildman–Crippen LogP) is 1.95. The summed E-state index contributed by atoms with van der Waals surface area (Å²) in [5, 5.41) is 13.1. The molecule has 0 atom stereocenters. The number of methoxy groups -OCH3 is 3. The molecule has 22 heavy (non-hydrogen) atoms. The van der Waals surface area contributed by atoms with Crippen molar-refractivity contribution in [2.75, 3.05) is 21.3 Å². The molecule has 0 aliphatic rings. The SMILES string of the molecule is COCc1cc(OC)cc(OC)c1-c1cc(C(=O)O)nn1C. The maximum atomic E-state index is 11.1. The van der Waals surface area contributed by atoms with Gasteiger partial charge in [0.2, 0.25) is 0 Å². The molecule has 1 N–H and O–H groups in total. The van der Waals surface area contributed by atoms with Crippen molar-refractivity contribution < 1.29 is 24.1 Å². The molecule has 1 aromatic carbocycles. The third-order valence-corrected chi connectivity index (χ3v) is 3.27. The summed E-state index contributed by atoms with van der Waals surface area (Å²) in [6.07, 6.45) is 0. The third kappa shape index (κ3) is 2.89. The molecule has 0 radical (unpaired) electrons. The van der Waals surface area contributed by atoms with Gasteiger partial charge in [0.1, 0.15) is 11.5 Å². The van der Waals surface area contributed by atoms with Crippen molar-refractivity contribution in [2.24, 2.45) is 7.05 Å². The van der Waals surface area contributed by atoms with Crippen molar-refractivity contribution in [1.82, 2.24) is 9.78 Å². The van der Waals surface area contributed by atoms with E-state index in [1.807, 2.05) is 6.07 Å². The van der Waals surface area contributed by atoms with E-state index < -0.39 is 5.97 Å². The number of rotatable bonds is 6. The lowest BCUT2D eigenvalue weighted by atomic mass is 10.0. The van der Waals surface area contributed by atoms with Crippen molar-refractivity contribution in [3.05, 3.63) is 29.5 Å². The molecule has 2 rings (SSSR count). The van der Waals surface area contributed by atoms with Crippen LogP contribution in [0.4, 0.5) is 0 Å². The van der Waals surface area contributed by atoms with Gasteiger partial charge in [0.05, 0.1) is 26.5 Å². The number of carboxylic acid groups (broad SMARTS) is 1. The quantitative estimate of drug-likeness (QED) is 0.878. The van der Waals surface area contributed by atoms with Crippen LogP contribution in [-0.4, -0.2) is 42.2 Å². The van der Waals surface area contributed by atoms with Gasteiger partial charge in [-0.05, 0) is 17.7 Å². The molecule has 0 unspecified atom stereocenters. The molecular weight excluding hydrogens is 288 g/mol. The van der Waals surface area contributed by atoms with Gasteiger partial charge >= 0.3 is 5.97 Å². The Labute approximate surface area is 128 Å². The Hall–Kier alpha value is -2.54. The maximum absolute atomic E-state index is 11.1. The first-order chi connectivity index (χ1) is 10.5.